The molecule has 0 aromatic carbocycles. The van der Waals surface area contributed by atoms with Gasteiger partial charge in [-0.1, -0.05) is 11.6 Å². The van der Waals surface area contributed by atoms with Crippen LogP contribution < -0.4 is 0 Å². The number of allylic oxidation sites excluding steroid dienone is 2. The van der Waals surface area contributed by atoms with Gasteiger partial charge in [-0.2, -0.15) is 0 Å². The molecule has 0 aromatic heterocycles. The molecular formula is C12H18O2. The molecule has 2 nitrogen and oxygen atoms in total. The summed E-state index contributed by atoms with van der Waals surface area (Å²) in [6.07, 6.45) is 6.94. The maximum Gasteiger partial charge on any atom is 0.334 e. The van der Waals surface area contributed by atoms with E-state index in [1.54, 1.807) is 6.08 Å². The first-order valence-corrected chi connectivity index (χ1v) is 5.28. The van der Waals surface area contributed by atoms with Gasteiger partial charge >= 0.3 is 5.97 Å². The molecule has 1 aliphatic carbocycles. The topological polar surface area (TPSA) is 26.3 Å². The molecule has 0 saturated heterocycles. The molecule has 1 aliphatic rings. The van der Waals surface area contributed by atoms with Gasteiger partial charge in [-0.15, -0.1) is 6.58 Å². The molecule has 0 aromatic rings. The molecule has 0 spiro atoms. The van der Waals surface area contributed by atoms with Gasteiger partial charge in [0, 0.05) is 5.57 Å². The minimum atomic E-state index is -0.149. The Bertz CT molecular complexity index is 243. The SMILES string of the molecule is C=CCC(C(=O)OCC)=C1CCCC1. The van der Waals surface area contributed by atoms with Crippen molar-refractivity contribution in [3.63, 3.8) is 0 Å². The molecule has 0 atom stereocenters. The van der Waals surface area contributed by atoms with E-state index in [1.807, 2.05) is 6.92 Å². The maximum absolute atomic E-state index is 11.6. The highest BCUT2D eigenvalue weighted by Gasteiger charge is 2.17. The third kappa shape index (κ3) is 2.72. The second-order valence-corrected chi connectivity index (χ2v) is 3.50. The van der Waals surface area contributed by atoms with Gasteiger partial charge < -0.3 is 4.74 Å². The van der Waals surface area contributed by atoms with E-state index in [2.05, 4.69) is 6.58 Å². The van der Waals surface area contributed by atoms with Gasteiger partial charge in [0.25, 0.3) is 0 Å². The fraction of sp³-hybridized carbons (Fsp3) is 0.583. The number of rotatable bonds is 4. The maximum atomic E-state index is 11.6. The quantitative estimate of drug-likeness (QED) is 0.390. The van der Waals surface area contributed by atoms with Gasteiger partial charge in [-0.25, -0.2) is 4.79 Å². The van der Waals surface area contributed by atoms with E-state index in [0.717, 1.165) is 18.4 Å². The fourth-order valence-electron chi connectivity index (χ4n) is 1.84. The van der Waals surface area contributed by atoms with Crippen molar-refractivity contribution in [2.45, 2.75) is 39.0 Å². The van der Waals surface area contributed by atoms with Crippen LogP contribution in [0.2, 0.25) is 0 Å². The summed E-state index contributed by atoms with van der Waals surface area (Å²) in [5.74, 6) is -0.149. The monoisotopic (exact) mass is 194 g/mol. The van der Waals surface area contributed by atoms with Crippen LogP contribution in [0.15, 0.2) is 23.8 Å². The summed E-state index contributed by atoms with van der Waals surface area (Å²) in [6.45, 7) is 5.96. The number of carbonyl (C=O) groups excluding carboxylic acids is 1. The third-order valence-corrected chi connectivity index (χ3v) is 2.50. The average Bonchev–Trinajstić information content (AvgIpc) is 2.67. The van der Waals surface area contributed by atoms with E-state index >= 15 is 0 Å². The normalized spacial score (nSPS) is 15.4. The van der Waals surface area contributed by atoms with Crippen LogP contribution in [-0.4, -0.2) is 12.6 Å². The number of ether oxygens (including phenoxy) is 1. The van der Waals surface area contributed by atoms with Crippen LogP contribution in [0.4, 0.5) is 0 Å². The molecule has 2 heteroatoms. The Morgan fingerprint density at radius 2 is 2.14 bits per heavy atom. The summed E-state index contributed by atoms with van der Waals surface area (Å²) >= 11 is 0. The van der Waals surface area contributed by atoms with E-state index in [1.165, 1.54) is 18.4 Å². The minimum absolute atomic E-state index is 0.149. The standard InChI is InChI=1S/C12H18O2/c1-3-7-11(12(13)14-4-2)10-8-5-6-9-10/h3H,1,4-9H2,2H3. The van der Waals surface area contributed by atoms with E-state index in [4.69, 9.17) is 4.74 Å². The van der Waals surface area contributed by atoms with Crippen LogP contribution in [-0.2, 0) is 9.53 Å². The first-order chi connectivity index (χ1) is 6.79. The molecule has 0 aliphatic heterocycles. The summed E-state index contributed by atoms with van der Waals surface area (Å²) in [5.41, 5.74) is 2.13. The van der Waals surface area contributed by atoms with Gasteiger partial charge in [-0.3, -0.25) is 0 Å². The van der Waals surface area contributed by atoms with E-state index in [0.29, 0.717) is 13.0 Å². The molecule has 0 unspecified atom stereocenters. The molecule has 1 rings (SSSR count). The average molecular weight is 194 g/mol. The molecule has 0 radical (unpaired) electrons. The summed E-state index contributed by atoms with van der Waals surface area (Å²) < 4.78 is 5.02. The summed E-state index contributed by atoms with van der Waals surface area (Å²) in [4.78, 5) is 11.6. The minimum Gasteiger partial charge on any atom is -0.463 e. The van der Waals surface area contributed by atoms with Gasteiger partial charge in [0.15, 0.2) is 0 Å². The van der Waals surface area contributed by atoms with Gasteiger partial charge in [0.1, 0.15) is 0 Å². The predicted molar refractivity (Wildman–Crippen MR) is 56.9 cm³/mol. The Kier molecular flexibility index (Phi) is 4.44. The Morgan fingerprint density at radius 3 is 2.64 bits per heavy atom. The van der Waals surface area contributed by atoms with E-state index in [-0.39, 0.29) is 5.97 Å². The first-order valence-electron chi connectivity index (χ1n) is 5.28. The molecule has 1 saturated carbocycles. The number of hydrogen-bond acceptors (Lipinski definition) is 2. The van der Waals surface area contributed by atoms with Crippen LogP contribution in [0.25, 0.3) is 0 Å². The van der Waals surface area contributed by atoms with E-state index in [9.17, 15) is 4.79 Å². The van der Waals surface area contributed by atoms with Crippen LogP contribution in [0.3, 0.4) is 0 Å². The number of hydrogen-bond donors (Lipinski definition) is 0. The molecule has 78 valence electrons. The summed E-state index contributed by atoms with van der Waals surface area (Å²) in [5, 5.41) is 0. The van der Waals surface area contributed by atoms with E-state index < -0.39 is 0 Å². The first kappa shape index (κ1) is 11.0. The fourth-order valence-corrected chi connectivity index (χ4v) is 1.84. The second kappa shape index (κ2) is 5.63. The lowest BCUT2D eigenvalue weighted by Gasteiger charge is -2.08. The second-order valence-electron chi connectivity index (χ2n) is 3.50. The van der Waals surface area contributed by atoms with Gasteiger partial charge in [0.2, 0.25) is 0 Å². The molecule has 0 amide bonds. The van der Waals surface area contributed by atoms with Crippen molar-refractivity contribution in [1.82, 2.24) is 0 Å². The van der Waals surface area contributed by atoms with Crippen molar-refractivity contribution in [1.29, 1.82) is 0 Å². The smallest absolute Gasteiger partial charge is 0.334 e. The van der Waals surface area contributed by atoms with Crippen molar-refractivity contribution >= 4 is 5.97 Å². The summed E-state index contributed by atoms with van der Waals surface area (Å²) in [6, 6.07) is 0. The molecule has 0 heterocycles. The zero-order valence-electron chi connectivity index (χ0n) is 8.84. The Hall–Kier alpha value is -1.05. The number of carbonyl (C=O) groups is 1. The van der Waals surface area contributed by atoms with Gasteiger partial charge in [-0.05, 0) is 39.0 Å². The predicted octanol–water partition coefficient (Wildman–Crippen LogP) is 3.00. The molecule has 0 N–H and O–H groups in total. The highest BCUT2D eigenvalue weighted by Crippen LogP contribution is 2.28. The lowest BCUT2D eigenvalue weighted by Crippen LogP contribution is -2.09. The Balaban J connectivity index is 2.76. The van der Waals surface area contributed by atoms with Gasteiger partial charge in [0.05, 0.1) is 6.61 Å². The lowest BCUT2D eigenvalue weighted by atomic mass is 10.0. The lowest BCUT2D eigenvalue weighted by molar-refractivity contribution is -0.138. The van der Waals surface area contributed by atoms with Crippen LogP contribution >= 0.6 is 0 Å². The molecule has 0 bridgehead atoms. The van der Waals surface area contributed by atoms with Crippen LogP contribution in [0.1, 0.15) is 39.0 Å². The van der Waals surface area contributed by atoms with Crippen molar-refractivity contribution in [2.75, 3.05) is 6.61 Å². The van der Waals surface area contributed by atoms with Crippen molar-refractivity contribution in [3.8, 4) is 0 Å². The zero-order chi connectivity index (χ0) is 10.4. The Labute approximate surface area is 85.6 Å². The molecule has 14 heavy (non-hydrogen) atoms. The highest BCUT2D eigenvalue weighted by molar-refractivity contribution is 5.89. The van der Waals surface area contributed by atoms with Crippen molar-refractivity contribution in [2.24, 2.45) is 0 Å². The van der Waals surface area contributed by atoms with Crippen molar-refractivity contribution in [3.05, 3.63) is 23.8 Å². The molecule has 1 fully saturated rings. The van der Waals surface area contributed by atoms with Crippen LogP contribution in [0, 0.1) is 0 Å². The number of esters is 1. The largest absolute Gasteiger partial charge is 0.463 e. The molecular weight excluding hydrogens is 176 g/mol. The summed E-state index contributed by atoms with van der Waals surface area (Å²) in [7, 11) is 0. The Morgan fingerprint density at radius 1 is 1.50 bits per heavy atom. The highest BCUT2D eigenvalue weighted by atomic mass is 16.5. The zero-order valence-corrected chi connectivity index (χ0v) is 8.84. The van der Waals surface area contributed by atoms with Crippen molar-refractivity contribution < 1.29 is 9.53 Å². The third-order valence-electron chi connectivity index (χ3n) is 2.50. The van der Waals surface area contributed by atoms with Crippen LogP contribution in [0.5, 0.6) is 0 Å².